The summed E-state index contributed by atoms with van der Waals surface area (Å²) in [7, 11) is 0. The molecule has 1 fully saturated rings. The molecule has 2 rings (SSSR count). The normalized spacial score (nSPS) is 27.6. The van der Waals surface area contributed by atoms with Gasteiger partial charge in [0, 0.05) is 0 Å². The third kappa shape index (κ3) is 3.44. The van der Waals surface area contributed by atoms with E-state index in [2.05, 4.69) is 52.0 Å². The van der Waals surface area contributed by atoms with Crippen LogP contribution in [0.4, 0.5) is 0 Å². The summed E-state index contributed by atoms with van der Waals surface area (Å²) in [5.41, 5.74) is 9.19. The fourth-order valence-corrected chi connectivity index (χ4v) is 3.61. The van der Waals surface area contributed by atoms with Gasteiger partial charge >= 0.3 is 0 Å². The molecule has 1 saturated carbocycles. The Labute approximate surface area is 125 Å². The first kappa shape index (κ1) is 15.6. The van der Waals surface area contributed by atoms with Gasteiger partial charge in [0.15, 0.2) is 0 Å². The maximum Gasteiger partial charge on any atom is -0.00430 e. The van der Waals surface area contributed by atoms with Crippen molar-refractivity contribution in [2.24, 2.45) is 17.6 Å². The number of hydrogen-bond donors (Lipinski definition) is 1. The molecular formula is C19H31N. The Kier molecular flexibility index (Phi) is 4.90. The van der Waals surface area contributed by atoms with Gasteiger partial charge in [-0.1, -0.05) is 64.8 Å². The van der Waals surface area contributed by atoms with Crippen molar-refractivity contribution in [2.45, 2.75) is 64.7 Å². The summed E-state index contributed by atoms with van der Waals surface area (Å²) in [5, 5.41) is 0. The Hall–Kier alpha value is -0.820. The van der Waals surface area contributed by atoms with Gasteiger partial charge < -0.3 is 5.73 Å². The number of hydrogen-bond acceptors (Lipinski definition) is 1. The van der Waals surface area contributed by atoms with Crippen LogP contribution in [0.15, 0.2) is 24.3 Å². The Balaban J connectivity index is 2.19. The average Bonchev–Trinajstić information content (AvgIpc) is 2.45. The highest BCUT2D eigenvalue weighted by Gasteiger charge is 2.30. The van der Waals surface area contributed by atoms with E-state index in [-0.39, 0.29) is 5.41 Å². The number of benzene rings is 1. The molecule has 0 bridgehead atoms. The zero-order valence-electron chi connectivity index (χ0n) is 13.7. The SMILES string of the molecule is CCC1CCC(CN)C(c2ccc(C(C)(C)C)cc2)C1. The maximum atomic E-state index is 6.02. The lowest BCUT2D eigenvalue weighted by atomic mass is 9.70. The zero-order valence-corrected chi connectivity index (χ0v) is 13.7. The Morgan fingerprint density at radius 3 is 2.25 bits per heavy atom. The molecule has 0 saturated heterocycles. The monoisotopic (exact) mass is 273 g/mol. The minimum atomic E-state index is 0.240. The molecule has 1 aromatic carbocycles. The molecule has 1 aliphatic rings. The second-order valence-electron chi connectivity index (χ2n) is 7.56. The second-order valence-corrected chi connectivity index (χ2v) is 7.56. The molecule has 0 amide bonds. The van der Waals surface area contributed by atoms with Crippen molar-refractivity contribution in [2.75, 3.05) is 6.54 Å². The van der Waals surface area contributed by atoms with Crippen molar-refractivity contribution in [1.29, 1.82) is 0 Å². The second kappa shape index (κ2) is 6.30. The first-order valence-corrected chi connectivity index (χ1v) is 8.26. The molecular weight excluding hydrogens is 242 g/mol. The molecule has 20 heavy (non-hydrogen) atoms. The molecule has 1 nitrogen and oxygen atoms in total. The molecule has 2 N–H and O–H groups in total. The van der Waals surface area contributed by atoms with Crippen LogP contribution >= 0.6 is 0 Å². The smallest absolute Gasteiger partial charge is 0.00430 e. The minimum absolute atomic E-state index is 0.240. The van der Waals surface area contributed by atoms with E-state index in [1.807, 2.05) is 0 Å². The topological polar surface area (TPSA) is 26.0 Å². The van der Waals surface area contributed by atoms with E-state index in [1.165, 1.54) is 36.8 Å². The minimum Gasteiger partial charge on any atom is -0.330 e. The number of rotatable bonds is 3. The molecule has 1 aliphatic carbocycles. The van der Waals surface area contributed by atoms with Gasteiger partial charge in [0.25, 0.3) is 0 Å². The van der Waals surface area contributed by atoms with Crippen LogP contribution in [-0.4, -0.2) is 6.54 Å². The van der Waals surface area contributed by atoms with Crippen LogP contribution in [0, 0.1) is 11.8 Å². The maximum absolute atomic E-state index is 6.02. The molecule has 0 radical (unpaired) electrons. The fourth-order valence-electron chi connectivity index (χ4n) is 3.61. The first-order valence-electron chi connectivity index (χ1n) is 8.26. The van der Waals surface area contributed by atoms with Crippen molar-refractivity contribution >= 4 is 0 Å². The van der Waals surface area contributed by atoms with E-state index in [1.54, 1.807) is 0 Å². The van der Waals surface area contributed by atoms with E-state index < -0.39 is 0 Å². The van der Waals surface area contributed by atoms with Crippen molar-refractivity contribution < 1.29 is 0 Å². The molecule has 1 heteroatoms. The molecule has 0 spiro atoms. The summed E-state index contributed by atoms with van der Waals surface area (Å²) in [5.74, 6) is 2.25. The summed E-state index contributed by atoms with van der Waals surface area (Å²) in [6, 6.07) is 9.34. The van der Waals surface area contributed by atoms with Crippen LogP contribution in [0.5, 0.6) is 0 Å². The van der Waals surface area contributed by atoms with Gasteiger partial charge in [0.2, 0.25) is 0 Å². The summed E-state index contributed by atoms with van der Waals surface area (Å²) in [6.45, 7) is 9.99. The third-order valence-electron chi connectivity index (χ3n) is 5.19. The van der Waals surface area contributed by atoms with Gasteiger partial charge in [-0.3, -0.25) is 0 Å². The molecule has 3 atom stereocenters. The van der Waals surface area contributed by atoms with Crippen molar-refractivity contribution in [3.8, 4) is 0 Å². The Bertz CT molecular complexity index is 412. The third-order valence-corrected chi connectivity index (χ3v) is 5.19. The number of nitrogens with two attached hydrogens (primary N) is 1. The predicted molar refractivity (Wildman–Crippen MR) is 88.1 cm³/mol. The van der Waals surface area contributed by atoms with Gasteiger partial charge in [-0.15, -0.1) is 0 Å². The van der Waals surface area contributed by atoms with E-state index in [0.29, 0.717) is 11.8 Å². The van der Waals surface area contributed by atoms with Crippen molar-refractivity contribution in [1.82, 2.24) is 0 Å². The van der Waals surface area contributed by atoms with Crippen LogP contribution in [-0.2, 0) is 5.41 Å². The van der Waals surface area contributed by atoms with Gasteiger partial charge in [-0.2, -0.15) is 0 Å². The standard InChI is InChI=1S/C19H31N/c1-5-14-6-7-16(13-20)18(12-14)15-8-10-17(11-9-15)19(2,3)4/h8-11,14,16,18H,5-7,12-13,20H2,1-4H3. The average molecular weight is 273 g/mol. The molecule has 0 heterocycles. The highest BCUT2D eigenvalue weighted by molar-refractivity contribution is 5.30. The largest absolute Gasteiger partial charge is 0.330 e. The van der Waals surface area contributed by atoms with Crippen molar-refractivity contribution in [3.63, 3.8) is 0 Å². The van der Waals surface area contributed by atoms with E-state index in [9.17, 15) is 0 Å². The van der Waals surface area contributed by atoms with Crippen LogP contribution in [0.2, 0.25) is 0 Å². The van der Waals surface area contributed by atoms with Gasteiger partial charge in [-0.25, -0.2) is 0 Å². The zero-order chi connectivity index (χ0) is 14.8. The Morgan fingerprint density at radius 2 is 1.75 bits per heavy atom. The van der Waals surface area contributed by atoms with E-state index >= 15 is 0 Å². The van der Waals surface area contributed by atoms with Gasteiger partial charge in [0.1, 0.15) is 0 Å². The van der Waals surface area contributed by atoms with Gasteiger partial charge in [0.05, 0.1) is 0 Å². The molecule has 3 unspecified atom stereocenters. The van der Waals surface area contributed by atoms with Crippen LogP contribution in [0.1, 0.15) is 70.4 Å². The Morgan fingerprint density at radius 1 is 1.10 bits per heavy atom. The quantitative estimate of drug-likeness (QED) is 0.837. The van der Waals surface area contributed by atoms with E-state index in [4.69, 9.17) is 5.73 Å². The van der Waals surface area contributed by atoms with Crippen LogP contribution in [0.3, 0.4) is 0 Å². The highest BCUT2D eigenvalue weighted by Crippen LogP contribution is 2.41. The summed E-state index contributed by atoms with van der Waals surface area (Å²) in [6.07, 6.45) is 5.32. The van der Waals surface area contributed by atoms with E-state index in [0.717, 1.165) is 12.5 Å². The molecule has 112 valence electrons. The van der Waals surface area contributed by atoms with Crippen LogP contribution < -0.4 is 5.73 Å². The summed E-state index contributed by atoms with van der Waals surface area (Å²) in [4.78, 5) is 0. The lowest BCUT2D eigenvalue weighted by molar-refractivity contribution is 0.236. The lowest BCUT2D eigenvalue weighted by Crippen LogP contribution is -2.29. The summed E-state index contributed by atoms with van der Waals surface area (Å²) < 4.78 is 0. The molecule has 1 aromatic rings. The van der Waals surface area contributed by atoms with Crippen LogP contribution in [0.25, 0.3) is 0 Å². The van der Waals surface area contributed by atoms with Gasteiger partial charge in [-0.05, 0) is 53.7 Å². The highest BCUT2D eigenvalue weighted by atomic mass is 14.6. The van der Waals surface area contributed by atoms with Crippen molar-refractivity contribution in [3.05, 3.63) is 35.4 Å². The first-order chi connectivity index (χ1) is 9.45. The molecule has 0 aliphatic heterocycles. The molecule has 0 aromatic heterocycles. The fraction of sp³-hybridized carbons (Fsp3) is 0.684. The lowest BCUT2D eigenvalue weighted by Gasteiger charge is -2.36. The summed E-state index contributed by atoms with van der Waals surface area (Å²) >= 11 is 0. The predicted octanol–water partition coefficient (Wildman–Crippen LogP) is 4.85.